The molecule has 0 aliphatic carbocycles. The van der Waals surface area contributed by atoms with Crippen LogP contribution in [0.4, 0.5) is 10.2 Å². The number of aromatic nitrogens is 2. The van der Waals surface area contributed by atoms with Crippen molar-refractivity contribution in [3.05, 3.63) is 40.8 Å². The van der Waals surface area contributed by atoms with Gasteiger partial charge in [0.2, 0.25) is 0 Å². The summed E-state index contributed by atoms with van der Waals surface area (Å²) in [4.78, 5) is 11.3. The maximum absolute atomic E-state index is 13.3. The van der Waals surface area contributed by atoms with E-state index in [-0.39, 0.29) is 5.82 Å². The second kappa shape index (κ2) is 6.24. The Morgan fingerprint density at radius 1 is 1.13 bits per heavy atom. The number of anilines is 1. The van der Waals surface area contributed by atoms with Gasteiger partial charge in [-0.15, -0.1) is 11.3 Å². The molecule has 0 unspecified atom stereocenters. The lowest BCUT2D eigenvalue weighted by Crippen LogP contribution is -2.10. The fraction of sp³-hybridized carbons (Fsp3) is 0.333. The van der Waals surface area contributed by atoms with Crippen LogP contribution in [0.25, 0.3) is 21.3 Å². The molecule has 2 aromatic heterocycles. The highest BCUT2D eigenvalue weighted by Gasteiger charge is 2.17. The third-order valence-electron chi connectivity index (χ3n) is 3.65. The molecule has 2 heterocycles. The lowest BCUT2D eigenvalue weighted by atomic mass is 10.0. The van der Waals surface area contributed by atoms with E-state index in [1.165, 1.54) is 17.0 Å². The van der Waals surface area contributed by atoms with Crippen LogP contribution in [0.3, 0.4) is 0 Å². The standard InChI is InChI=1S/C18H20FN3S/c1-10(2)9-20-17-16-15(13-5-7-14(19)8-6-13)11(3)23-18(16)22-12(4)21-17/h5-8,10H,9H2,1-4H3,(H,20,21,22). The number of halogens is 1. The number of benzene rings is 1. The lowest BCUT2D eigenvalue weighted by molar-refractivity contribution is 0.628. The SMILES string of the molecule is Cc1nc(NCC(C)C)c2c(-c3ccc(F)cc3)c(C)sc2n1. The number of nitrogens with one attached hydrogen (secondary N) is 1. The Labute approximate surface area is 139 Å². The molecule has 0 saturated heterocycles. The van der Waals surface area contributed by atoms with Crippen LogP contribution in [0.15, 0.2) is 24.3 Å². The van der Waals surface area contributed by atoms with Crippen LogP contribution >= 0.6 is 11.3 Å². The number of fused-ring (bicyclic) bond motifs is 1. The van der Waals surface area contributed by atoms with Crippen LogP contribution in [-0.2, 0) is 0 Å². The molecule has 0 fully saturated rings. The Morgan fingerprint density at radius 3 is 2.48 bits per heavy atom. The van der Waals surface area contributed by atoms with E-state index in [4.69, 9.17) is 0 Å². The molecule has 0 bridgehead atoms. The number of thiophene rings is 1. The molecule has 0 aliphatic rings. The third-order valence-corrected chi connectivity index (χ3v) is 4.65. The van der Waals surface area contributed by atoms with Gasteiger partial charge in [-0.25, -0.2) is 14.4 Å². The summed E-state index contributed by atoms with van der Waals surface area (Å²) in [6, 6.07) is 6.62. The predicted molar refractivity (Wildman–Crippen MR) is 95.6 cm³/mol. The van der Waals surface area contributed by atoms with Crippen molar-refractivity contribution in [2.75, 3.05) is 11.9 Å². The molecule has 23 heavy (non-hydrogen) atoms. The first-order valence-electron chi connectivity index (χ1n) is 7.73. The third kappa shape index (κ3) is 3.20. The molecule has 0 saturated carbocycles. The number of nitrogens with zero attached hydrogens (tertiary/aromatic N) is 2. The highest BCUT2D eigenvalue weighted by Crippen LogP contribution is 2.40. The van der Waals surface area contributed by atoms with Crippen LogP contribution in [0, 0.1) is 25.6 Å². The molecular weight excluding hydrogens is 309 g/mol. The molecule has 0 aliphatic heterocycles. The minimum Gasteiger partial charge on any atom is -0.369 e. The van der Waals surface area contributed by atoms with Crippen molar-refractivity contribution >= 4 is 27.4 Å². The van der Waals surface area contributed by atoms with Gasteiger partial charge in [-0.1, -0.05) is 26.0 Å². The molecular formula is C18H20FN3S. The molecule has 5 heteroatoms. The summed E-state index contributed by atoms with van der Waals surface area (Å²) in [5.41, 5.74) is 2.09. The van der Waals surface area contributed by atoms with Crippen LogP contribution in [0.2, 0.25) is 0 Å². The van der Waals surface area contributed by atoms with Crippen LogP contribution in [-0.4, -0.2) is 16.5 Å². The highest BCUT2D eigenvalue weighted by atomic mass is 32.1. The molecule has 0 radical (unpaired) electrons. The zero-order valence-corrected chi connectivity index (χ0v) is 14.6. The van der Waals surface area contributed by atoms with Crippen molar-refractivity contribution in [1.29, 1.82) is 0 Å². The average molecular weight is 329 g/mol. The minimum atomic E-state index is -0.226. The van der Waals surface area contributed by atoms with E-state index in [1.54, 1.807) is 11.3 Å². The van der Waals surface area contributed by atoms with Crippen molar-refractivity contribution in [2.45, 2.75) is 27.7 Å². The number of rotatable bonds is 4. The molecule has 0 spiro atoms. The Kier molecular flexibility index (Phi) is 4.31. The number of hydrogen-bond acceptors (Lipinski definition) is 4. The normalized spacial score (nSPS) is 11.4. The molecule has 1 aromatic carbocycles. The molecule has 0 atom stereocenters. The smallest absolute Gasteiger partial charge is 0.139 e. The zero-order valence-electron chi connectivity index (χ0n) is 13.8. The van der Waals surface area contributed by atoms with Gasteiger partial charge in [0.05, 0.1) is 5.39 Å². The Balaban J connectivity index is 2.20. The summed E-state index contributed by atoms with van der Waals surface area (Å²) in [7, 11) is 0. The zero-order chi connectivity index (χ0) is 16.6. The van der Waals surface area contributed by atoms with Crippen LogP contribution < -0.4 is 5.32 Å². The van der Waals surface area contributed by atoms with Crippen molar-refractivity contribution in [3.63, 3.8) is 0 Å². The van der Waals surface area contributed by atoms with Crippen molar-refractivity contribution in [2.24, 2.45) is 5.92 Å². The second-order valence-corrected chi connectivity index (χ2v) is 7.32. The van der Waals surface area contributed by atoms with E-state index >= 15 is 0 Å². The molecule has 1 N–H and O–H groups in total. The van der Waals surface area contributed by atoms with E-state index in [2.05, 4.69) is 36.1 Å². The molecule has 0 amide bonds. The van der Waals surface area contributed by atoms with Gasteiger partial charge >= 0.3 is 0 Å². The minimum absolute atomic E-state index is 0.226. The predicted octanol–water partition coefficient (Wildman–Crippen LogP) is 5.18. The largest absolute Gasteiger partial charge is 0.369 e. The summed E-state index contributed by atoms with van der Waals surface area (Å²) in [5.74, 6) is 1.92. The van der Waals surface area contributed by atoms with Crippen molar-refractivity contribution < 1.29 is 4.39 Å². The first-order chi connectivity index (χ1) is 11.0. The van der Waals surface area contributed by atoms with Crippen molar-refractivity contribution in [3.8, 4) is 11.1 Å². The van der Waals surface area contributed by atoms with E-state index < -0.39 is 0 Å². The summed E-state index contributed by atoms with van der Waals surface area (Å²) >= 11 is 1.66. The van der Waals surface area contributed by atoms with E-state index in [0.29, 0.717) is 5.92 Å². The van der Waals surface area contributed by atoms with Gasteiger partial charge in [0.15, 0.2) is 0 Å². The van der Waals surface area contributed by atoms with Gasteiger partial charge in [0, 0.05) is 17.0 Å². The van der Waals surface area contributed by atoms with Crippen molar-refractivity contribution in [1.82, 2.24) is 9.97 Å². The molecule has 3 nitrogen and oxygen atoms in total. The van der Waals surface area contributed by atoms with Gasteiger partial charge in [0.25, 0.3) is 0 Å². The molecule has 3 aromatic rings. The second-order valence-electron chi connectivity index (χ2n) is 6.11. The quantitative estimate of drug-likeness (QED) is 0.716. The summed E-state index contributed by atoms with van der Waals surface area (Å²) in [6.45, 7) is 9.17. The maximum atomic E-state index is 13.3. The van der Waals surface area contributed by atoms with Gasteiger partial charge in [-0.3, -0.25) is 0 Å². The average Bonchev–Trinajstić information content (AvgIpc) is 2.81. The molecule has 120 valence electrons. The van der Waals surface area contributed by atoms with Gasteiger partial charge in [-0.05, 0) is 37.5 Å². The fourth-order valence-corrected chi connectivity index (χ4v) is 3.70. The summed E-state index contributed by atoms with van der Waals surface area (Å²) in [6.07, 6.45) is 0. The van der Waals surface area contributed by atoms with E-state index in [1.807, 2.05) is 19.1 Å². The Bertz CT molecular complexity index is 838. The molecule has 3 rings (SSSR count). The number of aryl methyl sites for hydroxylation is 2. The summed E-state index contributed by atoms with van der Waals surface area (Å²) in [5, 5.41) is 4.48. The highest BCUT2D eigenvalue weighted by molar-refractivity contribution is 7.19. The summed E-state index contributed by atoms with van der Waals surface area (Å²) < 4.78 is 13.3. The Morgan fingerprint density at radius 2 is 1.83 bits per heavy atom. The fourth-order valence-electron chi connectivity index (χ4n) is 2.61. The maximum Gasteiger partial charge on any atom is 0.139 e. The first kappa shape index (κ1) is 15.9. The number of hydrogen-bond donors (Lipinski definition) is 1. The van der Waals surface area contributed by atoms with E-state index in [9.17, 15) is 4.39 Å². The van der Waals surface area contributed by atoms with Gasteiger partial charge < -0.3 is 5.32 Å². The Hall–Kier alpha value is -2.01. The van der Waals surface area contributed by atoms with Crippen LogP contribution in [0.5, 0.6) is 0 Å². The topological polar surface area (TPSA) is 37.8 Å². The lowest BCUT2D eigenvalue weighted by Gasteiger charge is -2.11. The first-order valence-corrected chi connectivity index (χ1v) is 8.55. The van der Waals surface area contributed by atoms with Gasteiger partial charge in [-0.2, -0.15) is 0 Å². The monoisotopic (exact) mass is 329 g/mol. The van der Waals surface area contributed by atoms with Crippen LogP contribution in [0.1, 0.15) is 24.5 Å². The van der Waals surface area contributed by atoms with E-state index in [0.717, 1.165) is 39.5 Å². The van der Waals surface area contributed by atoms with Gasteiger partial charge in [0.1, 0.15) is 22.3 Å².